The normalized spacial score (nSPS) is 11.3. The highest BCUT2D eigenvalue weighted by molar-refractivity contribution is 9.10. The van der Waals surface area contributed by atoms with Gasteiger partial charge >= 0.3 is 0 Å². The van der Waals surface area contributed by atoms with E-state index in [1.54, 1.807) is 12.5 Å². The number of rotatable bonds is 3. The van der Waals surface area contributed by atoms with Gasteiger partial charge in [0.1, 0.15) is 12.1 Å². The van der Waals surface area contributed by atoms with Gasteiger partial charge in [-0.2, -0.15) is 10.1 Å². The van der Waals surface area contributed by atoms with E-state index in [1.807, 2.05) is 16.6 Å². The summed E-state index contributed by atoms with van der Waals surface area (Å²) in [6, 6.07) is 3.89. The minimum absolute atomic E-state index is 0.194. The summed E-state index contributed by atoms with van der Waals surface area (Å²) in [5, 5.41) is 7.78. The zero-order chi connectivity index (χ0) is 15.0. The predicted molar refractivity (Wildman–Crippen MR) is 89.4 cm³/mol. The Labute approximate surface area is 135 Å². The third-order valence-electron chi connectivity index (χ3n) is 2.81. The lowest BCUT2D eigenvalue weighted by molar-refractivity contribution is 0.991. The van der Waals surface area contributed by atoms with Gasteiger partial charge in [-0.25, -0.2) is 14.5 Å². The van der Waals surface area contributed by atoms with Crippen molar-refractivity contribution in [3.05, 3.63) is 34.4 Å². The molecule has 0 aromatic carbocycles. The van der Waals surface area contributed by atoms with E-state index in [1.165, 1.54) is 0 Å². The molecule has 0 amide bonds. The topological polar surface area (TPSA) is 68.0 Å². The molecule has 0 saturated carbocycles. The van der Waals surface area contributed by atoms with Gasteiger partial charge in [-0.3, -0.25) is 0 Å². The molecular formula is C12H11BrClN6P. The summed E-state index contributed by atoms with van der Waals surface area (Å²) in [5.41, 5.74) is 2.84. The van der Waals surface area contributed by atoms with E-state index in [2.05, 4.69) is 54.6 Å². The second-order valence-electron chi connectivity index (χ2n) is 4.46. The SMILES string of the molecule is CP(C)c1c(Nc2nc(Cl)ncc2Br)ccc2ncnn12. The van der Waals surface area contributed by atoms with Gasteiger partial charge in [-0.1, -0.05) is 7.92 Å². The number of fused-ring (bicyclic) bond motifs is 1. The zero-order valence-electron chi connectivity index (χ0n) is 11.2. The van der Waals surface area contributed by atoms with E-state index in [-0.39, 0.29) is 5.28 Å². The second kappa shape index (κ2) is 5.83. The van der Waals surface area contributed by atoms with Crippen LogP contribution in [0.15, 0.2) is 29.1 Å². The van der Waals surface area contributed by atoms with Crippen molar-refractivity contribution in [2.75, 3.05) is 18.6 Å². The standard InChI is InChI=1S/C12H11BrClN6P/c1-21(2)11-8(3-4-9-16-6-17-20(9)11)18-10-7(13)5-15-12(14)19-10/h3-6H,1-2H3,(H,15,18,19). The Bertz CT molecular complexity index is 806. The van der Waals surface area contributed by atoms with Gasteiger partial charge in [-0.05, 0) is 53.0 Å². The van der Waals surface area contributed by atoms with Crippen LogP contribution in [0.2, 0.25) is 5.28 Å². The first-order valence-electron chi connectivity index (χ1n) is 6.01. The maximum absolute atomic E-state index is 5.86. The monoisotopic (exact) mass is 384 g/mol. The van der Waals surface area contributed by atoms with Crippen LogP contribution in [-0.2, 0) is 0 Å². The largest absolute Gasteiger partial charge is 0.337 e. The van der Waals surface area contributed by atoms with Crippen molar-refractivity contribution in [3.8, 4) is 0 Å². The predicted octanol–water partition coefficient (Wildman–Crippen LogP) is 3.05. The zero-order valence-corrected chi connectivity index (χ0v) is 14.5. The van der Waals surface area contributed by atoms with E-state index in [0.717, 1.165) is 21.2 Å². The Morgan fingerprint density at radius 2 is 2.10 bits per heavy atom. The average Bonchev–Trinajstić information content (AvgIpc) is 2.90. The first kappa shape index (κ1) is 14.6. The van der Waals surface area contributed by atoms with Crippen molar-refractivity contribution in [3.63, 3.8) is 0 Å². The minimum atomic E-state index is -0.398. The first-order chi connectivity index (χ1) is 10.1. The van der Waals surface area contributed by atoms with Gasteiger partial charge in [0.2, 0.25) is 5.28 Å². The Hall–Kier alpha value is -1.30. The van der Waals surface area contributed by atoms with E-state index in [9.17, 15) is 0 Å². The van der Waals surface area contributed by atoms with E-state index in [4.69, 9.17) is 11.6 Å². The molecule has 0 fully saturated rings. The molecule has 3 heterocycles. The van der Waals surface area contributed by atoms with Crippen molar-refractivity contribution in [2.24, 2.45) is 0 Å². The molecule has 0 aliphatic heterocycles. The van der Waals surface area contributed by atoms with Crippen molar-refractivity contribution in [1.29, 1.82) is 0 Å². The second-order valence-corrected chi connectivity index (χ2v) is 7.86. The molecule has 0 spiro atoms. The summed E-state index contributed by atoms with van der Waals surface area (Å²) in [5.74, 6) is 0.618. The van der Waals surface area contributed by atoms with Crippen molar-refractivity contribution >= 4 is 58.0 Å². The van der Waals surface area contributed by atoms with Crippen molar-refractivity contribution < 1.29 is 0 Å². The smallest absolute Gasteiger partial charge is 0.224 e. The average molecular weight is 386 g/mol. The quantitative estimate of drug-likeness (QED) is 0.554. The minimum Gasteiger partial charge on any atom is -0.337 e. The van der Waals surface area contributed by atoms with Crippen LogP contribution in [-0.4, -0.2) is 37.9 Å². The highest BCUT2D eigenvalue weighted by Crippen LogP contribution is 2.31. The fourth-order valence-corrected chi connectivity index (χ4v) is 3.53. The molecule has 3 aromatic rings. The molecule has 108 valence electrons. The molecule has 0 bridgehead atoms. The fourth-order valence-electron chi connectivity index (χ4n) is 1.96. The number of hydrogen-bond acceptors (Lipinski definition) is 5. The number of nitrogens with zero attached hydrogens (tertiary/aromatic N) is 5. The highest BCUT2D eigenvalue weighted by Gasteiger charge is 2.14. The molecule has 9 heteroatoms. The van der Waals surface area contributed by atoms with Crippen LogP contribution in [0.5, 0.6) is 0 Å². The molecule has 0 aliphatic carbocycles. The molecule has 0 atom stereocenters. The van der Waals surface area contributed by atoms with E-state index >= 15 is 0 Å². The van der Waals surface area contributed by atoms with Gasteiger partial charge in [-0.15, -0.1) is 0 Å². The maximum Gasteiger partial charge on any atom is 0.224 e. The number of pyridine rings is 1. The number of halogens is 2. The summed E-state index contributed by atoms with van der Waals surface area (Å²) < 4.78 is 2.60. The van der Waals surface area contributed by atoms with Crippen LogP contribution in [0.3, 0.4) is 0 Å². The molecule has 0 saturated heterocycles. The Morgan fingerprint density at radius 3 is 2.86 bits per heavy atom. The molecular weight excluding hydrogens is 375 g/mol. The molecule has 1 N–H and O–H groups in total. The molecule has 0 unspecified atom stereocenters. The summed E-state index contributed by atoms with van der Waals surface area (Å²) in [6.45, 7) is 4.33. The summed E-state index contributed by atoms with van der Waals surface area (Å²) in [4.78, 5) is 12.3. The van der Waals surface area contributed by atoms with Crippen LogP contribution in [0.1, 0.15) is 0 Å². The number of anilines is 2. The lowest BCUT2D eigenvalue weighted by atomic mass is 10.4. The lowest BCUT2D eigenvalue weighted by Crippen LogP contribution is -2.17. The Morgan fingerprint density at radius 1 is 1.29 bits per heavy atom. The fraction of sp³-hybridized carbons (Fsp3) is 0.167. The molecule has 21 heavy (non-hydrogen) atoms. The third kappa shape index (κ3) is 2.86. The number of aromatic nitrogens is 5. The molecule has 3 rings (SSSR count). The summed E-state index contributed by atoms with van der Waals surface area (Å²) >= 11 is 9.27. The van der Waals surface area contributed by atoms with Crippen LogP contribution in [0.4, 0.5) is 11.5 Å². The van der Waals surface area contributed by atoms with Gasteiger partial charge in [0.15, 0.2) is 5.65 Å². The molecule has 3 aromatic heterocycles. The molecule has 0 aliphatic rings. The van der Waals surface area contributed by atoms with Gasteiger partial charge in [0, 0.05) is 6.20 Å². The molecule has 0 radical (unpaired) electrons. The third-order valence-corrected chi connectivity index (χ3v) is 4.85. The Kier molecular flexibility index (Phi) is 4.06. The first-order valence-corrected chi connectivity index (χ1v) is 9.42. The van der Waals surface area contributed by atoms with Gasteiger partial charge < -0.3 is 5.32 Å². The summed E-state index contributed by atoms with van der Waals surface area (Å²) in [7, 11) is -0.398. The maximum atomic E-state index is 5.86. The van der Waals surface area contributed by atoms with Crippen molar-refractivity contribution in [1.82, 2.24) is 24.6 Å². The number of hydrogen-bond donors (Lipinski definition) is 1. The van der Waals surface area contributed by atoms with Crippen LogP contribution < -0.4 is 10.8 Å². The van der Waals surface area contributed by atoms with Crippen LogP contribution >= 0.6 is 35.5 Å². The van der Waals surface area contributed by atoms with E-state index < -0.39 is 7.92 Å². The lowest BCUT2D eigenvalue weighted by Gasteiger charge is -2.16. The van der Waals surface area contributed by atoms with Crippen molar-refractivity contribution in [2.45, 2.75) is 0 Å². The summed E-state index contributed by atoms with van der Waals surface area (Å²) in [6.07, 6.45) is 3.17. The van der Waals surface area contributed by atoms with E-state index in [0.29, 0.717) is 5.82 Å². The molecule has 6 nitrogen and oxygen atoms in total. The van der Waals surface area contributed by atoms with Gasteiger partial charge in [0.05, 0.1) is 15.6 Å². The number of nitrogens with one attached hydrogen (secondary N) is 1. The Balaban J connectivity index is 2.11. The van der Waals surface area contributed by atoms with Crippen LogP contribution in [0.25, 0.3) is 5.65 Å². The highest BCUT2D eigenvalue weighted by atomic mass is 79.9. The van der Waals surface area contributed by atoms with Crippen LogP contribution in [0, 0.1) is 0 Å². The van der Waals surface area contributed by atoms with Gasteiger partial charge in [0.25, 0.3) is 0 Å².